The summed E-state index contributed by atoms with van der Waals surface area (Å²) < 4.78 is 6.74. The van der Waals surface area contributed by atoms with E-state index >= 15 is 0 Å². The van der Waals surface area contributed by atoms with Crippen LogP contribution in [-0.2, 0) is 6.42 Å². The quantitative estimate of drug-likeness (QED) is 0.633. The molecule has 0 radical (unpaired) electrons. The second kappa shape index (κ2) is 4.99. The molecule has 0 saturated heterocycles. The molecule has 0 bridgehead atoms. The lowest BCUT2D eigenvalue weighted by atomic mass is 10.1. The number of nitrogens with zero attached hydrogens (tertiary/aromatic N) is 1. The van der Waals surface area contributed by atoms with E-state index in [0.717, 1.165) is 34.0 Å². The molecule has 1 atom stereocenters. The van der Waals surface area contributed by atoms with Crippen LogP contribution in [0.15, 0.2) is 34.7 Å². The summed E-state index contributed by atoms with van der Waals surface area (Å²) in [6.07, 6.45) is 0.737. The molecule has 1 unspecified atom stereocenters. The maximum Gasteiger partial charge on any atom is 0.105 e. The molecular formula is C15H14ClNOS. The first-order valence-corrected chi connectivity index (χ1v) is 7.44. The second-order valence-electron chi connectivity index (χ2n) is 4.62. The first-order valence-electron chi connectivity index (χ1n) is 6.19. The SMILES string of the molecule is Cc1cc(C(Cl)Cc2nc3ccccc3s2)c(C)o1. The molecule has 3 rings (SSSR count). The minimum Gasteiger partial charge on any atom is -0.466 e. The van der Waals surface area contributed by atoms with Crippen LogP contribution in [0.1, 0.15) is 27.5 Å². The maximum atomic E-state index is 6.49. The molecule has 98 valence electrons. The number of aryl methyl sites for hydroxylation is 2. The van der Waals surface area contributed by atoms with Gasteiger partial charge in [0.1, 0.15) is 11.5 Å². The van der Waals surface area contributed by atoms with Crippen LogP contribution < -0.4 is 0 Å². The molecular weight excluding hydrogens is 278 g/mol. The normalized spacial score (nSPS) is 13.0. The number of thiazole rings is 1. The largest absolute Gasteiger partial charge is 0.466 e. The van der Waals surface area contributed by atoms with Crippen molar-refractivity contribution in [1.82, 2.24) is 4.98 Å². The highest BCUT2D eigenvalue weighted by Crippen LogP contribution is 2.32. The van der Waals surface area contributed by atoms with E-state index in [-0.39, 0.29) is 5.38 Å². The average molecular weight is 292 g/mol. The van der Waals surface area contributed by atoms with E-state index in [0.29, 0.717) is 0 Å². The van der Waals surface area contributed by atoms with Gasteiger partial charge < -0.3 is 4.42 Å². The minimum absolute atomic E-state index is 0.0852. The average Bonchev–Trinajstić information content (AvgIpc) is 2.91. The highest BCUT2D eigenvalue weighted by atomic mass is 35.5. The molecule has 2 nitrogen and oxygen atoms in total. The molecule has 0 saturated carbocycles. The molecule has 0 amide bonds. The molecule has 2 heterocycles. The van der Waals surface area contributed by atoms with Crippen LogP contribution in [0, 0.1) is 13.8 Å². The van der Waals surface area contributed by atoms with Crippen LogP contribution >= 0.6 is 22.9 Å². The van der Waals surface area contributed by atoms with E-state index < -0.39 is 0 Å². The lowest BCUT2D eigenvalue weighted by Gasteiger charge is -2.05. The summed E-state index contributed by atoms with van der Waals surface area (Å²) in [5.74, 6) is 1.81. The number of furan rings is 1. The fourth-order valence-corrected chi connectivity index (χ4v) is 3.70. The second-order valence-corrected chi connectivity index (χ2v) is 6.26. The molecule has 0 spiro atoms. The van der Waals surface area contributed by atoms with Crippen molar-refractivity contribution in [3.05, 3.63) is 52.4 Å². The molecule has 1 aromatic carbocycles. The molecule has 0 aliphatic heterocycles. The third-order valence-electron chi connectivity index (χ3n) is 3.11. The Morgan fingerprint density at radius 2 is 2.11 bits per heavy atom. The molecule has 0 fully saturated rings. The van der Waals surface area contributed by atoms with E-state index in [1.807, 2.05) is 38.1 Å². The fourth-order valence-electron chi connectivity index (χ4n) is 2.23. The summed E-state index contributed by atoms with van der Waals surface area (Å²) in [4.78, 5) is 4.62. The summed E-state index contributed by atoms with van der Waals surface area (Å²) in [6, 6.07) is 10.2. The molecule has 3 aromatic rings. The highest BCUT2D eigenvalue weighted by molar-refractivity contribution is 7.18. The Hall–Kier alpha value is -1.32. The van der Waals surface area contributed by atoms with E-state index in [2.05, 4.69) is 11.1 Å². The Kier molecular flexibility index (Phi) is 3.33. The van der Waals surface area contributed by atoms with Crippen LogP contribution in [0.5, 0.6) is 0 Å². The van der Waals surface area contributed by atoms with Crippen molar-refractivity contribution in [2.75, 3.05) is 0 Å². The van der Waals surface area contributed by atoms with Gasteiger partial charge in [0.15, 0.2) is 0 Å². The van der Waals surface area contributed by atoms with Crippen molar-refractivity contribution in [1.29, 1.82) is 0 Å². The topological polar surface area (TPSA) is 26.0 Å². The van der Waals surface area contributed by atoms with E-state index in [1.165, 1.54) is 4.70 Å². The number of halogens is 1. The van der Waals surface area contributed by atoms with Gasteiger partial charge in [-0.1, -0.05) is 12.1 Å². The van der Waals surface area contributed by atoms with Gasteiger partial charge in [0.05, 0.1) is 20.6 Å². The van der Waals surface area contributed by atoms with Crippen molar-refractivity contribution in [2.24, 2.45) is 0 Å². The van der Waals surface area contributed by atoms with Crippen molar-refractivity contribution in [3.63, 3.8) is 0 Å². The van der Waals surface area contributed by atoms with Gasteiger partial charge in [0.2, 0.25) is 0 Å². The van der Waals surface area contributed by atoms with E-state index in [1.54, 1.807) is 11.3 Å². The maximum absolute atomic E-state index is 6.49. The monoisotopic (exact) mass is 291 g/mol. The number of hydrogen-bond acceptors (Lipinski definition) is 3. The summed E-state index contributed by atoms with van der Waals surface area (Å²) in [5, 5.41) is 0.984. The van der Waals surface area contributed by atoms with Crippen LogP contribution in [0.3, 0.4) is 0 Å². The standard InChI is InChI=1S/C15H14ClNOS/c1-9-7-11(10(2)18-9)12(16)8-15-17-13-5-3-4-6-14(13)19-15/h3-7,12H,8H2,1-2H3. The third-order valence-corrected chi connectivity index (χ3v) is 4.56. The summed E-state index contributed by atoms with van der Waals surface area (Å²) in [5.41, 5.74) is 2.12. The van der Waals surface area contributed by atoms with Gasteiger partial charge in [-0.2, -0.15) is 0 Å². The molecule has 4 heteroatoms. The van der Waals surface area contributed by atoms with E-state index in [9.17, 15) is 0 Å². The molecule has 0 aliphatic carbocycles. The number of alkyl halides is 1. The van der Waals surface area contributed by atoms with Gasteiger partial charge in [-0.25, -0.2) is 4.98 Å². The zero-order valence-electron chi connectivity index (χ0n) is 10.8. The van der Waals surface area contributed by atoms with Crippen molar-refractivity contribution in [3.8, 4) is 0 Å². The molecule has 2 aromatic heterocycles. The molecule has 0 aliphatic rings. The fraction of sp³-hybridized carbons (Fsp3) is 0.267. The Morgan fingerprint density at radius 1 is 1.32 bits per heavy atom. The van der Waals surface area contributed by atoms with Crippen molar-refractivity contribution < 1.29 is 4.42 Å². The number of fused-ring (bicyclic) bond motifs is 1. The van der Waals surface area contributed by atoms with Gasteiger partial charge in [0, 0.05) is 12.0 Å². The van der Waals surface area contributed by atoms with E-state index in [4.69, 9.17) is 16.0 Å². The zero-order valence-corrected chi connectivity index (χ0v) is 12.4. The number of aromatic nitrogens is 1. The van der Waals surface area contributed by atoms with Crippen molar-refractivity contribution >= 4 is 33.2 Å². The number of benzene rings is 1. The van der Waals surface area contributed by atoms with Gasteiger partial charge in [-0.3, -0.25) is 0 Å². The lowest BCUT2D eigenvalue weighted by Crippen LogP contribution is -1.95. The highest BCUT2D eigenvalue weighted by Gasteiger charge is 2.17. The van der Waals surface area contributed by atoms with Gasteiger partial charge in [-0.05, 0) is 32.0 Å². The predicted octanol–water partition coefficient (Wildman–Crippen LogP) is 5.03. The van der Waals surface area contributed by atoms with Gasteiger partial charge in [0.25, 0.3) is 0 Å². The van der Waals surface area contributed by atoms with Crippen LogP contribution in [-0.4, -0.2) is 4.98 Å². The number of hydrogen-bond donors (Lipinski definition) is 0. The van der Waals surface area contributed by atoms with Crippen molar-refractivity contribution in [2.45, 2.75) is 25.6 Å². The first kappa shape index (κ1) is 12.7. The Bertz CT molecular complexity index is 683. The molecule has 19 heavy (non-hydrogen) atoms. The predicted molar refractivity (Wildman–Crippen MR) is 80.1 cm³/mol. The van der Waals surface area contributed by atoms with Gasteiger partial charge >= 0.3 is 0 Å². The smallest absolute Gasteiger partial charge is 0.105 e. The van der Waals surface area contributed by atoms with Crippen LogP contribution in [0.4, 0.5) is 0 Å². The van der Waals surface area contributed by atoms with Gasteiger partial charge in [-0.15, -0.1) is 22.9 Å². The van der Waals surface area contributed by atoms with Crippen LogP contribution in [0.2, 0.25) is 0 Å². The summed E-state index contributed by atoms with van der Waals surface area (Å²) >= 11 is 8.20. The Labute approximate surface area is 121 Å². The van der Waals surface area contributed by atoms with Crippen LogP contribution in [0.25, 0.3) is 10.2 Å². The lowest BCUT2D eigenvalue weighted by molar-refractivity contribution is 0.500. The molecule has 0 N–H and O–H groups in total. The zero-order chi connectivity index (χ0) is 13.4. The summed E-state index contributed by atoms with van der Waals surface area (Å²) in [6.45, 7) is 3.90. The third kappa shape index (κ3) is 2.53. The first-order chi connectivity index (χ1) is 9.13. The Morgan fingerprint density at radius 3 is 2.79 bits per heavy atom. The number of rotatable bonds is 3. The summed E-state index contributed by atoms with van der Waals surface area (Å²) in [7, 11) is 0. The minimum atomic E-state index is -0.0852. The number of para-hydroxylation sites is 1. The Balaban J connectivity index is 1.86.